The van der Waals surface area contributed by atoms with Crippen LogP contribution >= 0.6 is 0 Å². The van der Waals surface area contributed by atoms with E-state index in [1.165, 1.54) is 0 Å². The Labute approximate surface area is 222 Å². The Morgan fingerprint density at radius 2 is 1.87 bits per heavy atom. The summed E-state index contributed by atoms with van der Waals surface area (Å²) in [5.74, 6) is 0.259. The second-order valence-corrected chi connectivity index (χ2v) is 11.2. The summed E-state index contributed by atoms with van der Waals surface area (Å²) in [5, 5.41) is 8.16. The predicted molar refractivity (Wildman–Crippen MR) is 145 cm³/mol. The van der Waals surface area contributed by atoms with E-state index in [0.29, 0.717) is 35.2 Å². The molecule has 3 aromatic rings. The number of aryl methyl sites for hydroxylation is 2. The number of rotatable bonds is 6. The summed E-state index contributed by atoms with van der Waals surface area (Å²) in [4.78, 5) is 50.7. The number of aromatic amines is 1. The van der Waals surface area contributed by atoms with Gasteiger partial charge in [-0.15, -0.1) is 0 Å². The molecule has 38 heavy (non-hydrogen) atoms. The average molecular weight is 520 g/mol. The molecule has 2 aliphatic heterocycles. The molecule has 0 radical (unpaired) electrons. The molecule has 2 N–H and O–H groups in total. The van der Waals surface area contributed by atoms with E-state index in [4.69, 9.17) is 4.98 Å². The number of aromatic nitrogens is 4. The second-order valence-electron chi connectivity index (χ2n) is 11.2. The van der Waals surface area contributed by atoms with Crippen LogP contribution in [0.5, 0.6) is 0 Å². The van der Waals surface area contributed by atoms with Crippen LogP contribution in [-0.4, -0.2) is 74.6 Å². The molecule has 10 nitrogen and oxygen atoms in total. The molecule has 2 saturated heterocycles. The third-order valence-electron chi connectivity index (χ3n) is 7.88. The summed E-state index contributed by atoms with van der Waals surface area (Å²) in [5.41, 5.74) is 4.03. The lowest BCUT2D eigenvalue weighted by atomic mass is 9.90. The number of nitrogens with one attached hydrogen (secondary N) is 2. The molecule has 0 aliphatic carbocycles. The van der Waals surface area contributed by atoms with Gasteiger partial charge in [-0.05, 0) is 65.3 Å². The number of fused-ring (bicyclic) bond motifs is 1. The molecule has 10 heteroatoms. The monoisotopic (exact) mass is 519 g/mol. The van der Waals surface area contributed by atoms with Crippen LogP contribution < -0.4 is 10.9 Å². The van der Waals surface area contributed by atoms with E-state index in [-0.39, 0.29) is 41.8 Å². The minimum atomic E-state index is -0.261. The van der Waals surface area contributed by atoms with Gasteiger partial charge in [0.05, 0.1) is 23.1 Å². The quantitative estimate of drug-likeness (QED) is 0.517. The van der Waals surface area contributed by atoms with Crippen LogP contribution in [0.4, 0.5) is 0 Å². The number of nitrogens with zero attached hydrogens (tertiary/aromatic N) is 5. The first-order valence-electron chi connectivity index (χ1n) is 13.5. The van der Waals surface area contributed by atoms with Crippen LogP contribution in [0.2, 0.25) is 0 Å². The van der Waals surface area contributed by atoms with Crippen LogP contribution in [0.3, 0.4) is 0 Å². The fourth-order valence-electron chi connectivity index (χ4n) is 5.69. The van der Waals surface area contributed by atoms with Crippen LogP contribution in [-0.2, 0) is 11.3 Å². The molecule has 0 unspecified atom stereocenters. The highest BCUT2D eigenvalue weighted by Gasteiger charge is 2.35. The summed E-state index contributed by atoms with van der Waals surface area (Å²) < 4.78 is 1.84. The third-order valence-corrected chi connectivity index (χ3v) is 7.88. The topological polar surface area (TPSA) is 116 Å². The van der Waals surface area contributed by atoms with E-state index < -0.39 is 0 Å². The van der Waals surface area contributed by atoms with Gasteiger partial charge < -0.3 is 20.1 Å². The first kappa shape index (κ1) is 26.1. The number of hydrogen-bond donors (Lipinski definition) is 2. The maximum atomic E-state index is 13.5. The SMILES string of the molecule is Cc1cc(C)c(CNC(=O)c2cc(C3CCN(C(=O)C4CN(C)C4)CC3)nc3c2cnn3C(C)C)c(=O)[nH]1. The zero-order valence-electron chi connectivity index (χ0n) is 22.9. The molecule has 3 aromatic heterocycles. The number of carbonyl (C=O) groups excluding carboxylic acids is 2. The third kappa shape index (κ3) is 4.97. The smallest absolute Gasteiger partial charge is 0.253 e. The number of amides is 2. The Balaban J connectivity index is 1.38. The first-order chi connectivity index (χ1) is 18.1. The lowest BCUT2D eigenvalue weighted by molar-refractivity contribution is -0.141. The van der Waals surface area contributed by atoms with Crippen molar-refractivity contribution in [2.24, 2.45) is 5.92 Å². The molecule has 0 atom stereocenters. The summed E-state index contributed by atoms with van der Waals surface area (Å²) in [7, 11) is 2.04. The average Bonchev–Trinajstić information content (AvgIpc) is 3.29. The number of carbonyl (C=O) groups is 2. The van der Waals surface area contributed by atoms with Crippen molar-refractivity contribution in [2.45, 2.75) is 59.0 Å². The van der Waals surface area contributed by atoms with Gasteiger partial charge in [-0.3, -0.25) is 14.4 Å². The molecule has 0 saturated carbocycles. The predicted octanol–water partition coefficient (Wildman–Crippen LogP) is 2.51. The lowest BCUT2D eigenvalue weighted by Gasteiger charge is -2.40. The zero-order chi connectivity index (χ0) is 27.1. The molecule has 2 fully saturated rings. The molecule has 0 spiro atoms. The molecule has 0 bridgehead atoms. The minimum Gasteiger partial charge on any atom is -0.348 e. The lowest BCUT2D eigenvalue weighted by Crippen LogP contribution is -2.53. The fraction of sp³-hybridized carbons (Fsp3) is 0.536. The van der Waals surface area contributed by atoms with E-state index in [0.717, 1.165) is 42.9 Å². The van der Waals surface area contributed by atoms with Gasteiger partial charge in [0.1, 0.15) is 0 Å². The minimum absolute atomic E-state index is 0.0833. The van der Waals surface area contributed by atoms with E-state index >= 15 is 0 Å². The van der Waals surface area contributed by atoms with E-state index in [2.05, 4.69) is 20.3 Å². The molecular weight excluding hydrogens is 482 g/mol. The van der Waals surface area contributed by atoms with Gasteiger partial charge in [0.25, 0.3) is 11.5 Å². The van der Waals surface area contributed by atoms with Gasteiger partial charge in [0.15, 0.2) is 5.65 Å². The maximum Gasteiger partial charge on any atom is 0.253 e. The van der Waals surface area contributed by atoms with Crippen LogP contribution in [0.25, 0.3) is 11.0 Å². The summed E-state index contributed by atoms with van der Waals surface area (Å²) in [6, 6.07) is 3.86. The van der Waals surface area contributed by atoms with Gasteiger partial charge in [-0.1, -0.05) is 0 Å². The Morgan fingerprint density at radius 3 is 2.50 bits per heavy atom. The standard InChI is InChI=1S/C28H37N7O3/c1-16(2)35-25-23(13-30-35)21(26(36)29-12-22-17(3)10-18(4)31-27(22)37)11-24(32-25)19-6-8-34(9-7-19)28(38)20-14-33(5)15-20/h10-11,13,16,19-20H,6-9,12,14-15H2,1-5H3,(H,29,36)(H,31,37). The van der Waals surface area contributed by atoms with Crippen molar-refractivity contribution in [3.05, 3.63) is 56.8 Å². The van der Waals surface area contributed by atoms with E-state index in [9.17, 15) is 14.4 Å². The molecule has 5 heterocycles. The van der Waals surface area contributed by atoms with Crippen molar-refractivity contribution < 1.29 is 9.59 Å². The molecule has 2 amide bonds. The van der Waals surface area contributed by atoms with Crippen LogP contribution in [0, 0.1) is 19.8 Å². The number of likely N-dealkylation sites (tertiary alicyclic amines) is 2. The highest BCUT2D eigenvalue weighted by molar-refractivity contribution is 6.05. The van der Waals surface area contributed by atoms with Crippen molar-refractivity contribution in [1.82, 2.24) is 34.9 Å². The van der Waals surface area contributed by atoms with Gasteiger partial charge in [0.2, 0.25) is 5.91 Å². The highest BCUT2D eigenvalue weighted by atomic mass is 16.2. The summed E-state index contributed by atoms with van der Waals surface area (Å²) >= 11 is 0. The van der Waals surface area contributed by atoms with E-state index in [1.54, 1.807) is 6.20 Å². The van der Waals surface area contributed by atoms with Gasteiger partial charge in [-0.2, -0.15) is 5.10 Å². The molecule has 202 valence electrons. The number of hydrogen-bond acceptors (Lipinski definition) is 6. The van der Waals surface area contributed by atoms with Crippen molar-refractivity contribution in [3.8, 4) is 0 Å². The summed E-state index contributed by atoms with van der Waals surface area (Å²) in [6.45, 7) is 11.0. The van der Waals surface area contributed by atoms with Crippen molar-refractivity contribution >= 4 is 22.8 Å². The van der Waals surface area contributed by atoms with Crippen LogP contribution in [0.15, 0.2) is 23.1 Å². The number of piperidine rings is 1. The van der Waals surface area contributed by atoms with Gasteiger partial charge >= 0.3 is 0 Å². The highest BCUT2D eigenvalue weighted by Crippen LogP contribution is 2.31. The van der Waals surface area contributed by atoms with Crippen molar-refractivity contribution in [1.29, 1.82) is 0 Å². The van der Waals surface area contributed by atoms with Gasteiger partial charge in [0, 0.05) is 61.6 Å². The first-order valence-corrected chi connectivity index (χ1v) is 13.5. The normalized spacial score (nSPS) is 17.3. The zero-order valence-corrected chi connectivity index (χ0v) is 22.9. The van der Waals surface area contributed by atoms with Crippen molar-refractivity contribution in [3.63, 3.8) is 0 Å². The Bertz CT molecular complexity index is 1430. The molecule has 5 rings (SSSR count). The van der Waals surface area contributed by atoms with E-state index in [1.807, 2.05) is 56.5 Å². The Morgan fingerprint density at radius 1 is 1.16 bits per heavy atom. The Hall–Kier alpha value is -3.53. The second kappa shape index (κ2) is 10.3. The molecule has 0 aromatic carbocycles. The number of H-pyrrole nitrogens is 1. The summed E-state index contributed by atoms with van der Waals surface area (Å²) in [6.07, 6.45) is 3.31. The molecule has 2 aliphatic rings. The number of pyridine rings is 2. The maximum absolute atomic E-state index is 13.5. The van der Waals surface area contributed by atoms with Crippen LogP contribution in [0.1, 0.15) is 71.5 Å². The fourth-order valence-corrected chi connectivity index (χ4v) is 5.69. The van der Waals surface area contributed by atoms with Gasteiger partial charge in [-0.25, -0.2) is 9.67 Å². The largest absolute Gasteiger partial charge is 0.348 e. The molecular formula is C28H37N7O3. The Kier molecular flexibility index (Phi) is 7.09. The van der Waals surface area contributed by atoms with Crippen molar-refractivity contribution in [2.75, 3.05) is 33.2 Å².